The number of benzene rings is 2. The standard InChI is InChI=1S/C14H11BrO3/c1-9(15)8-18-13-7-11-5-3-2-4-10(11)6-12(13)14(16)17/h2-7H,1,8H2,(H,16,17). The molecule has 92 valence electrons. The quantitative estimate of drug-likeness (QED) is 0.934. The van der Waals surface area contributed by atoms with E-state index in [2.05, 4.69) is 22.5 Å². The number of fused-ring (bicyclic) bond motifs is 1. The molecule has 0 saturated carbocycles. The maximum absolute atomic E-state index is 11.2. The molecule has 1 N–H and O–H groups in total. The van der Waals surface area contributed by atoms with Crippen molar-refractivity contribution in [2.75, 3.05) is 6.61 Å². The second kappa shape index (κ2) is 5.23. The van der Waals surface area contributed by atoms with Crippen LogP contribution in [0.3, 0.4) is 0 Å². The predicted molar refractivity (Wildman–Crippen MR) is 74.5 cm³/mol. The lowest BCUT2D eigenvalue weighted by Crippen LogP contribution is -2.04. The monoisotopic (exact) mass is 306 g/mol. The van der Waals surface area contributed by atoms with E-state index in [-0.39, 0.29) is 12.2 Å². The average molecular weight is 307 g/mol. The van der Waals surface area contributed by atoms with Crippen LogP contribution in [0.4, 0.5) is 0 Å². The normalized spacial score (nSPS) is 10.3. The Morgan fingerprint density at radius 1 is 1.28 bits per heavy atom. The fourth-order valence-corrected chi connectivity index (χ4v) is 1.78. The number of ether oxygens (including phenoxy) is 1. The van der Waals surface area contributed by atoms with E-state index >= 15 is 0 Å². The number of hydrogen-bond acceptors (Lipinski definition) is 2. The lowest BCUT2D eigenvalue weighted by atomic mass is 10.1. The molecule has 0 fully saturated rings. The summed E-state index contributed by atoms with van der Waals surface area (Å²) in [5.41, 5.74) is 0.155. The summed E-state index contributed by atoms with van der Waals surface area (Å²) in [6.45, 7) is 3.89. The molecule has 0 radical (unpaired) electrons. The van der Waals surface area contributed by atoms with Gasteiger partial charge in [-0.2, -0.15) is 0 Å². The van der Waals surface area contributed by atoms with Gasteiger partial charge in [0, 0.05) is 4.48 Å². The molecular weight excluding hydrogens is 296 g/mol. The van der Waals surface area contributed by atoms with E-state index in [1.807, 2.05) is 24.3 Å². The van der Waals surface area contributed by atoms with Gasteiger partial charge in [-0.25, -0.2) is 4.79 Å². The summed E-state index contributed by atoms with van der Waals surface area (Å²) in [5.74, 6) is -0.655. The molecule has 3 nitrogen and oxygen atoms in total. The van der Waals surface area contributed by atoms with Crippen molar-refractivity contribution in [3.05, 3.63) is 53.0 Å². The zero-order chi connectivity index (χ0) is 13.1. The lowest BCUT2D eigenvalue weighted by Gasteiger charge is -2.10. The molecule has 0 aromatic heterocycles. The molecule has 0 bridgehead atoms. The van der Waals surface area contributed by atoms with Crippen molar-refractivity contribution in [1.82, 2.24) is 0 Å². The lowest BCUT2D eigenvalue weighted by molar-refractivity contribution is 0.0693. The van der Waals surface area contributed by atoms with Gasteiger partial charge in [0.05, 0.1) is 0 Å². The highest BCUT2D eigenvalue weighted by Gasteiger charge is 2.12. The SMILES string of the molecule is C=C(Br)COc1cc2ccccc2cc1C(=O)O. The molecule has 4 heteroatoms. The van der Waals surface area contributed by atoms with Crippen LogP contribution < -0.4 is 4.74 Å². The number of aromatic carboxylic acids is 1. The number of carboxylic acid groups (broad SMARTS) is 1. The van der Waals surface area contributed by atoms with Gasteiger partial charge < -0.3 is 9.84 Å². The highest BCUT2D eigenvalue weighted by atomic mass is 79.9. The van der Waals surface area contributed by atoms with E-state index < -0.39 is 5.97 Å². The van der Waals surface area contributed by atoms with Crippen LogP contribution in [0.2, 0.25) is 0 Å². The van der Waals surface area contributed by atoms with Crippen molar-refractivity contribution in [3.8, 4) is 5.75 Å². The Bertz CT molecular complexity index is 619. The predicted octanol–water partition coefficient (Wildman–Crippen LogP) is 3.83. The molecule has 0 unspecified atom stereocenters. The van der Waals surface area contributed by atoms with Crippen molar-refractivity contribution in [2.45, 2.75) is 0 Å². The Hall–Kier alpha value is -1.81. The molecule has 0 saturated heterocycles. The largest absolute Gasteiger partial charge is 0.487 e. The van der Waals surface area contributed by atoms with Crippen LogP contribution >= 0.6 is 15.9 Å². The summed E-state index contributed by atoms with van der Waals surface area (Å²) in [7, 11) is 0. The molecule has 0 spiro atoms. The minimum absolute atomic E-state index is 0.155. The molecule has 18 heavy (non-hydrogen) atoms. The van der Waals surface area contributed by atoms with Gasteiger partial charge in [0.25, 0.3) is 0 Å². The van der Waals surface area contributed by atoms with Gasteiger partial charge in [0.1, 0.15) is 17.9 Å². The Labute approximate surface area is 113 Å². The second-order valence-electron chi connectivity index (χ2n) is 3.81. The van der Waals surface area contributed by atoms with Gasteiger partial charge >= 0.3 is 5.97 Å². The number of carbonyl (C=O) groups is 1. The Balaban J connectivity index is 2.50. The summed E-state index contributed by atoms with van der Waals surface area (Å²) in [5, 5.41) is 11.0. The van der Waals surface area contributed by atoms with E-state index in [0.717, 1.165) is 10.8 Å². The van der Waals surface area contributed by atoms with Crippen molar-refractivity contribution in [3.63, 3.8) is 0 Å². The van der Waals surface area contributed by atoms with Gasteiger partial charge in [-0.1, -0.05) is 46.8 Å². The molecule has 0 aliphatic heterocycles. The fourth-order valence-electron chi connectivity index (χ4n) is 1.66. The third-order valence-corrected chi connectivity index (χ3v) is 2.69. The third-order valence-electron chi connectivity index (χ3n) is 2.46. The Kier molecular flexibility index (Phi) is 3.67. The summed E-state index contributed by atoms with van der Waals surface area (Å²) in [6, 6.07) is 10.9. The molecule has 0 aliphatic carbocycles. The van der Waals surface area contributed by atoms with Crippen molar-refractivity contribution in [1.29, 1.82) is 0 Å². The van der Waals surface area contributed by atoms with Crippen LogP contribution in [0, 0.1) is 0 Å². The number of carboxylic acids is 1. The smallest absolute Gasteiger partial charge is 0.339 e. The minimum atomic E-state index is -1.00. The van der Waals surface area contributed by atoms with E-state index in [0.29, 0.717) is 10.2 Å². The molecule has 2 aromatic carbocycles. The summed E-state index contributed by atoms with van der Waals surface area (Å²) in [4.78, 5) is 11.2. The fraction of sp³-hybridized carbons (Fsp3) is 0.0714. The number of rotatable bonds is 4. The van der Waals surface area contributed by atoms with Crippen LogP contribution in [0.25, 0.3) is 10.8 Å². The second-order valence-corrected chi connectivity index (χ2v) is 4.93. The third kappa shape index (κ3) is 2.71. The number of hydrogen-bond donors (Lipinski definition) is 1. The molecule has 2 rings (SSSR count). The minimum Gasteiger partial charge on any atom is -0.487 e. The van der Waals surface area contributed by atoms with Crippen LogP contribution in [0.15, 0.2) is 47.5 Å². The van der Waals surface area contributed by atoms with Crippen LogP contribution in [0.1, 0.15) is 10.4 Å². The maximum atomic E-state index is 11.2. The zero-order valence-electron chi connectivity index (χ0n) is 9.52. The van der Waals surface area contributed by atoms with Crippen molar-refractivity contribution >= 4 is 32.7 Å². The summed E-state index contributed by atoms with van der Waals surface area (Å²) >= 11 is 3.18. The van der Waals surface area contributed by atoms with Gasteiger partial charge in [0.15, 0.2) is 0 Å². The topological polar surface area (TPSA) is 46.5 Å². The molecule has 0 atom stereocenters. The van der Waals surface area contributed by atoms with E-state index in [9.17, 15) is 9.90 Å². The van der Waals surface area contributed by atoms with Gasteiger partial charge in [-0.05, 0) is 22.9 Å². The van der Waals surface area contributed by atoms with E-state index in [1.54, 1.807) is 12.1 Å². The van der Waals surface area contributed by atoms with Crippen LogP contribution in [0.5, 0.6) is 5.75 Å². The van der Waals surface area contributed by atoms with Crippen LogP contribution in [-0.4, -0.2) is 17.7 Å². The summed E-state index contributed by atoms with van der Waals surface area (Å²) < 4.78 is 6.10. The first-order valence-electron chi connectivity index (χ1n) is 5.30. The van der Waals surface area contributed by atoms with Crippen LogP contribution in [-0.2, 0) is 0 Å². The first kappa shape index (κ1) is 12.6. The van der Waals surface area contributed by atoms with E-state index in [4.69, 9.17) is 4.74 Å². The summed E-state index contributed by atoms with van der Waals surface area (Å²) in [6.07, 6.45) is 0. The van der Waals surface area contributed by atoms with Crippen molar-refractivity contribution < 1.29 is 14.6 Å². The molecule has 0 heterocycles. The highest BCUT2D eigenvalue weighted by molar-refractivity contribution is 9.11. The Morgan fingerprint density at radius 2 is 1.89 bits per heavy atom. The Morgan fingerprint density at radius 3 is 2.44 bits per heavy atom. The molecular formula is C14H11BrO3. The maximum Gasteiger partial charge on any atom is 0.339 e. The van der Waals surface area contributed by atoms with Gasteiger partial charge in [-0.3, -0.25) is 0 Å². The van der Waals surface area contributed by atoms with E-state index in [1.165, 1.54) is 0 Å². The molecule has 0 aliphatic rings. The van der Waals surface area contributed by atoms with Gasteiger partial charge in [0.2, 0.25) is 0 Å². The first-order chi connectivity index (χ1) is 8.58. The average Bonchev–Trinajstić information content (AvgIpc) is 2.35. The zero-order valence-corrected chi connectivity index (χ0v) is 11.1. The number of halogens is 1. The molecule has 2 aromatic rings. The molecule has 0 amide bonds. The van der Waals surface area contributed by atoms with Gasteiger partial charge in [-0.15, -0.1) is 0 Å². The first-order valence-corrected chi connectivity index (χ1v) is 6.09. The highest BCUT2D eigenvalue weighted by Crippen LogP contribution is 2.26. The van der Waals surface area contributed by atoms with Crippen molar-refractivity contribution in [2.24, 2.45) is 0 Å².